The van der Waals surface area contributed by atoms with Crippen molar-refractivity contribution in [2.75, 3.05) is 0 Å². The molecule has 0 aliphatic heterocycles. The molecule has 120 valence electrons. The lowest BCUT2D eigenvalue weighted by molar-refractivity contribution is -0.118. The Balaban J connectivity index is 2.11. The lowest BCUT2D eigenvalue weighted by Crippen LogP contribution is -2.12. The Morgan fingerprint density at radius 2 is 2.00 bits per heavy atom. The van der Waals surface area contributed by atoms with Gasteiger partial charge in [0.2, 0.25) is 5.91 Å². The average Bonchev–Trinajstić information content (AvgIpc) is 2.46. The van der Waals surface area contributed by atoms with Crippen molar-refractivity contribution >= 4 is 35.3 Å². The van der Waals surface area contributed by atoms with Crippen LogP contribution in [0.4, 0.5) is 4.39 Å². The minimum absolute atomic E-state index is 0.135. The Bertz CT molecular complexity index is 728. The molecule has 7 heteroatoms. The van der Waals surface area contributed by atoms with Crippen LogP contribution in [0.3, 0.4) is 0 Å². The highest BCUT2D eigenvalue weighted by atomic mass is 35.5. The number of hydrogen-bond donors (Lipinski definition) is 1. The summed E-state index contributed by atoms with van der Waals surface area (Å²) in [6.07, 6.45) is 1.41. The topological polar surface area (TPSA) is 50.7 Å². The van der Waals surface area contributed by atoms with Gasteiger partial charge in [0.15, 0.2) is 5.75 Å². The number of ether oxygens (including phenoxy) is 1. The van der Waals surface area contributed by atoms with Crippen molar-refractivity contribution in [2.24, 2.45) is 5.10 Å². The maximum absolute atomic E-state index is 13.1. The number of benzene rings is 2. The van der Waals surface area contributed by atoms with Gasteiger partial charge in [0.05, 0.1) is 16.3 Å². The van der Waals surface area contributed by atoms with Crippen LogP contribution in [0.25, 0.3) is 0 Å². The summed E-state index contributed by atoms with van der Waals surface area (Å²) in [7, 11) is 0. The van der Waals surface area contributed by atoms with Crippen molar-refractivity contribution in [1.29, 1.82) is 0 Å². The molecule has 0 heterocycles. The molecule has 0 aliphatic carbocycles. The summed E-state index contributed by atoms with van der Waals surface area (Å²) in [6, 6.07) is 9.25. The van der Waals surface area contributed by atoms with Crippen LogP contribution >= 0.6 is 23.2 Å². The Hall–Kier alpha value is -2.11. The van der Waals surface area contributed by atoms with Crippen LogP contribution in [-0.4, -0.2) is 12.1 Å². The molecular formula is C16H13Cl2FN2O2. The number of rotatable bonds is 5. The minimum atomic E-state index is -0.340. The predicted octanol–water partition coefficient (Wildman–Crippen LogP) is 4.18. The molecule has 2 aromatic rings. The number of amides is 1. The van der Waals surface area contributed by atoms with Gasteiger partial charge in [0, 0.05) is 6.92 Å². The Labute approximate surface area is 142 Å². The van der Waals surface area contributed by atoms with Crippen LogP contribution in [0.2, 0.25) is 10.0 Å². The number of carbonyl (C=O) groups excluding carboxylic acids is 1. The van der Waals surface area contributed by atoms with Crippen LogP contribution in [0.1, 0.15) is 18.1 Å². The molecule has 4 nitrogen and oxygen atoms in total. The van der Waals surface area contributed by atoms with Crippen molar-refractivity contribution in [1.82, 2.24) is 5.43 Å². The maximum Gasteiger partial charge on any atom is 0.236 e. The molecule has 0 fully saturated rings. The molecule has 0 saturated carbocycles. The van der Waals surface area contributed by atoms with E-state index in [1.54, 1.807) is 24.3 Å². The molecule has 2 rings (SSSR count). The van der Waals surface area contributed by atoms with E-state index in [1.807, 2.05) is 0 Å². The minimum Gasteiger partial charge on any atom is -0.486 e. The lowest BCUT2D eigenvalue weighted by Gasteiger charge is -2.11. The molecule has 1 N–H and O–H groups in total. The molecule has 0 radical (unpaired) electrons. The van der Waals surface area contributed by atoms with Gasteiger partial charge in [-0.2, -0.15) is 5.10 Å². The number of carbonyl (C=O) groups is 1. The third kappa shape index (κ3) is 5.23. The number of halogens is 3. The third-order valence-corrected chi connectivity index (χ3v) is 3.29. The third-order valence-electron chi connectivity index (χ3n) is 2.73. The summed E-state index contributed by atoms with van der Waals surface area (Å²) < 4.78 is 18.7. The van der Waals surface area contributed by atoms with Crippen LogP contribution in [-0.2, 0) is 11.4 Å². The van der Waals surface area contributed by atoms with Crippen LogP contribution in [0, 0.1) is 5.82 Å². The van der Waals surface area contributed by atoms with E-state index < -0.39 is 0 Å². The first-order valence-corrected chi connectivity index (χ1v) is 7.37. The van der Waals surface area contributed by atoms with E-state index >= 15 is 0 Å². The summed E-state index contributed by atoms with van der Waals surface area (Å²) in [5.74, 6) is -0.324. The first kappa shape index (κ1) is 17.2. The molecule has 0 spiro atoms. The Morgan fingerprint density at radius 1 is 1.30 bits per heavy atom. The van der Waals surface area contributed by atoms with E-state index in [-0.39, 0.29) is 28.4 Å². The molecule has 23 heavy (non-hydrogen) atoms. The van der Waals surface area contributed by atoms with Crippen LogP contribution in [0.5, 0.6) is 5.75 Å². The zero-order valence-corrected chi connectivity index (χ0v) is 13.7. The molecule has 2 aromatic carbocycles. The molecular weight excluding hydrogens is 342 g/mol. The summed E-state index contributed by atoms with van der Waals surface area (Å²) >= 11 is 12.3. The lowest BCUT2D eigenvalue weighted by atomic mass is 10.2. The van der Waals surface area contributed by atoms with Crippen molar-refractivity contribution in [3.63, 3.8) is 0 Å². The molecule has 0 saturated heterocycles. The Kier molecular flexibility index (Phi) is 5.96. The molecule has 0 aliphatic rings. The quantitative estimate of drug-likeness (QED) is 0.646. The van der Waals surface area contributed by atoms with Crippen molar-refractivity contribution in [3.8, 4) is 5.75 Å². The van der Waals surface area contributed by atoms with E-state index in [0.717, 1.165) is 0 Å². The van der Waals surface area contributed by atoms with Gasteiger partial charge < -0.3 is 4.74 Å². The normalized spacial score (nSPS) is 10.8. The molecule has 0 aromatic heterocycles. The monoisotopic (exact) mass is 354 g/mol. The largest absolute Gasteiger partial charge is 0.486 e. The molecule has 0 unspecified atom stereocenters. The summed E-state index contributed by atoms with van der Waals surface area (Å²) in [5.41, 5.74) is 3.54. The van der Waals surface area contributed by atoms with Crippen molar-refractivity contribution < 1.29 is 13.9 Å². The van der Waals surface area contributed by atoms with Crippen LogP contribution < -0.4 is 10.2 Å². The van der Waals surface area contributed by atoms with Crippen molar-refractivity contribution in [2.45, 2.75) is 13.5 Å². The van der Waals surface area contributed by atoms with Crippen LogP contribution in [0.15, 0.2) is 41.5 Å². The number of nitrogens with one attached hydrogen (secondary N) is 1. The first-order valence-electron chi connectivity index (χ1n) is 6.61. The second-order valence-electron chi connectivity index (χ2n) is 4.66. The summed E-state index contributed by atoms with van der Waals surface area (Å²) in [6.45, 7) is 1.48. The van der Waals surface area contributed by atoms with E-state index in [9.17, 15) is 9.18 Å². The predicted molar refractivity (Wildman–Crippen MR) is 88.6 cm³/mol. The average molecular weight is 355 g/mol. The fraction of sp³-hybridized carbons (Fsp3) is 0.125. The highest BCUT2D eigenvalue weighted by Gasteiger charge is 2.10. The standard InChI is InChI=1S/C16H13Cl2FN2O2/c1-10(22)21-20-8-12-6-14(17)16(15(18)7-12)23-9-11-3-2-4-13(19)5-11/h2-8H,9H2,1H3,(H,21,22)/b20-8-. The highest BCUT2D eigenvalue weighted by molar-refractivity contribution is 6.37. The molecule has 0 bridgehead atoms. The molecule has 1 amide bonds. The summed E-state index contributed by atoms with van der Waals surface area (Å²) in [5, 5.41) is 4.31. The smallest absolute Gasteiger partial charge is 0.236 e. The summed E-state index contributed by atoms with van der Waals surface area (Å²) in [4.78, 5) is 10.7. The van der Waals surface area contributed by atoms with Gasteiger partial charge in [-0.1, -0.05) is 35.3 Å². The Morgan fingerprint density at radius 3 is 2.61 bits per heavy atom. The number of nitrogens with zero attached hydrogens (tertiary/aromatic N) is 1. The number of hydrazone groups is 1. The van der Waals surface area contributed by atoms with Gasteiger partial charge in [-0.05, 0) is 35.4 Å². The first-order chi connectivity index (χ1) is 11.0. The van der Waals surface area contributed by atoms with E-state index in [1.165, 1.54) is 25.3 Å². The maximum atomic E-state index is 13.1. The highest BCUT2D eigenvalue weighted by Crippen LogP contribution is 2.34. The van der Waals surface area contributed by atoms with E-state index in [2.05, 4.69) is 10.5 Å². The van der Waals surface area contributed by atoms with Gasteiger partial charge >= 0.3 is 0 Å². The SMILES string of the molecule is CC(=O)N/N=C\c1cc(Cl)c(OCc2cccc(F)c2)c(Cl)c1. The van der Waals surface area contributed by atoms with Crippen molar-refractivity contribution in [3.05, 3.63) is 63.4 Å². The second-order valence-corrected chi connectivity index (χ2v) is 5.47. The zero-order valence-electron chi connectivity index (χ0n) is 12.1. The second kappa shape index (κ2) is 7.94. The van der Waals surface area contributed by atoms with Gasteiger partial charge in [-0.3, -0.25) is 4.79 Å². The number of hydrogen-bond acceptors (Lipinski definition) is 3. The fourth-order valence-corrected chi connectivity index (χ4v) is 2.38. The fourth-order valence-electron chi connectivity index (χ4n) is 1.77. The van der Waals surface area contributed by atoms with E-state index in [0.29, 0.717) is 16.9 Å². The molecule has 0 atom stereocenters. The zero-order chi connectivity index (χ0) is 16.8. The van der Waals surface area contributed by atoms with E-state index in [4.69, 9.17) is 27.9 Å². The van der Waals surface area contributed by atoms with Gasteiger partial charge in [-0.15, -0.1) is 0 Å². The van der Waals surface area contributed by atoms with Gasteiger partial charge in [0.1, 0.15) is 12.4 Å². The van der Waals surface area contributed by atoms with Gasteiger partial charge in [-0.25, -0.2) is 9.82 Å². The van der Waals surface area contributed by atoms with Gasteiger partial charge in [0.25, 0.3) is 0 Å².